The largest absolute Gasteiger partial charge is 0.368 e. The molecule has 0 aliphatic heterocycles. The Morgan fingerprint density at radius 1 is 1.20 bits per heavy atom. The molecule has 5 aromatic heterocycles. The molecule has 212 valence electrons. The number of methoxy groups -OCH3 is 1. The lowest BCUT2D eigenvalue weighted by atomic mass is 9.76. The molecule has 3 N–H and O–H groups in total. The summed E-state index contributed by atoms with van der Waals surface area (Å²) in [6.07, 6.45) is 9.97. The van der Waals surface area contributed by atoms with Gasteiger partial charge in [0.15, 0.2) is 23.3 Å². The molecular weight excluding hydrogens is 529 g/mol. The fraction of sp³-hybridized carbons (Fsp3) is 0.370. The number of rotatable bonds is 8. The number of nitrogens with one attached hydrogen (secondary N) is 3. The molecule has 5 heterocycles. The second-order valence-corrected chi connectivity index (χ2v) is 10.4. The Morgan fingerprint density at radius 2 is 2.02 bits per heavy atom. The van der Waals surface area contributed by atoms with Gasteiger partial charge in [0.05, 0.1) is 36.5 Å². The van der Waals surface area contributed by atoms with Crippen LogP contribution in [0.2, 0.25) is 0 Å². The number of aromatic nitrogens is 9. The number of anilines is 2. The first-order valence-electron chi connectivity index (χ1n) is 13.4. The van der Waals surface area contributed by atoms with E-state index in [1.54, 1.807) is 36.3 Å². The molecule has 0 bridgehead atoms. The molecule has 0 aromatic carbocycles. The highest BCUT2D eigenvalue weighted by atomic mass is 19.1. The van der Waals surface area contributed by atoms with Crippen molar-refractivity contribution in [1.29, 1.82) is 0 Å². The molecule has 1 atom stereocenters. The quantitative estimate of drug-likeness (QED) is 0.259. The van der Waals surface area contributed by atoms with Crippen molar-refractivity contribution in [2.45, 2.75) is 57.1 Å². The second kappa shape index (κ2) is 10.7. The summed E-state index contributed by atoms with van der Waals surface area (Å²) in [5, 5.41) is 25.6. The van der Waals surface area contributed by atoms with Crippen LogP contribution in [0.1, 0.15) is 61.5 Å². The molecule has 1 fully saturated rings. The molecule has 13 nitrogen and oxygen atoms in total. The van der Waals surface area contributed by atoms with Gasteiger partial charge in [-0.15, -0.1) is 5.10 Å². The summed E-state index contributed by atoms with van der Waals surface area (Å²) in [6, 6.07) is 5.16. The first kappa shape index (κ1) is 26.5. The topological polar surface area (TPSA) is 153 Å². The third kappa shape index (κ3) is 5.25. The minimum Gasteiger partial charge on any atom is -0.368 e. The Labute approximate surface area is 234 Å². The molecule has 0 radical (unpaired) electrons. The monoisotopic (exact) mass is 559 g/mol. The molecule has 41 heavy (non-hydrogen) atoms. The lowest BCUT2D eigenvalue weighted by molar-refractivity contribution is -0.148. The van der Waals surface area contributed by atoms with E-state index in [0.717, 1.165) is 28.7 Å². The Hall–Kier alpha value is -4.72. The summed E-state index contributed by atoms with van der Waals surface area (Å²) in [5.41, 5.74) is 2.49. The van der Waals surface area contributed by atoms with Crippen molar-refractivity contribution in [3.05, 3.63) is 72.0 Å². The highest BCUT2D eigenvalue weighted by molar-refractivity contribution is 5.85. The van der Waals surface area contributed by atoms with Crippen LogP contribution in [-0.2, 0) is 9.53 Å². The van der Waals surface area contributed by atoms with Crippen molar-refractivity contribution in [2.75, 3.05) is 12.4 Å². The number of hydrogen-bond acceptors (Lipinski definition) is 9. The van der Waals surface area contributed by atoms with Crippen LogP contribution in [0.5, 0.6) is 0 Å². The zero-order valence-corrected chi connectivity index (χ0v) is 22.9. The number of carbonyl (C=O) groups excluding carboxylic acids is 1. The maximum Gasteiger partial charge on any atom is 0.252 e. The number of carbonyl (C=O) groups is 1. The zero-order valence-electron chi connectivity index (χ0n) is 22.9. The predicted octanol–water partition coefficient (Wildman–Crippen LogP) is 3.54. The SMILES string of the molecule is COC1(C(=O)N[C@@H](C)c2ccc(-n3cc(F)cn3)nc2)CCC(c2nc(Nc3cc(C)[nH]n3)cn3nncc23)CC1. The number of halogens is 1. The fourth-order valence-corrected chi connectivity index (χ4v) is 5.34. The average molecular weight is 560 g/mol. The Kier molecular flexibility index (Phi) is 6.91. The molecule has 0 spiro atoms. The first-order valence-corrected chi connectivity index (χ1v) is 13.4. The van der Waals surface area contributed by atoms with Gasteiger partial charge in [-0.1, -0.05) is 11.3 Å². The van der Waals surface area contributed by atoms with Crippen LogP contribution in [0.15, 0.2) is 49.2 Å². The average Bonchev–Trinajstić information content (AvgIpc) is 3.74. The van der Waals surface area contributed by atoms with E-state index in [2.05, 4.69) is 41.2 Å². The maximum absolute atomic E-state index is 13.5. The molecule has 5 aromatic rings. The van der Waals surface area contributed by atoms with Crippen molar-refractivity contribution in [1.82, 2.24) is 50.1 Å². The predicted molar refractivity (Wildman–Crippen MR) is 146 cm³/mol. The number of amides is 1. The maximum atomic E-state index is 13.5. The summed E-state index contributed by atoms with van der Waals surface area (Å²) >= 11 is 0. The van der Waals surface area contributed by atoms with Crippen molar-refractivity contribution in [2.24, 2.45) is 0 Å². The van der Waals surface area contributed by atoms with Crippen molar-refractivity contribution < 1.29 is 13.9 Å². The van der Waals surface area contributed by atoms with E-state index in [-0.39, 0.29) is 17.9 Å². The summed E-state index contributed by atoms with van der Waals surface area (Å²) < 4.78 is 22.2. The van der Waals surface area contributed by atoms with Crippen LogP contribution in [0, 0.1) is 12.7 Å². The number of hydrogen-bond donors (Lipinski definition) is 3. The van der Waals surface area contributed by atoms with Crippen LogP contribution in [0.4, 0.5) is 16.0 Å². The first-order chi connectivity index (χ1) is 19.8. The highest BCUT2D eigenvalue weighted by Crippen LogP contribution is 2.41. The standard InChI is InChI=1S/C27H30FN11O2/c1-16-10-22(36-35-16)33-23-15-38-21(13-30-37-38)25(34-23)18-6-8-27(41-3,9-7-18)26(40)32-17(2)19-4-5-24(29-11-19)39-14-20(28)12-31-39/h4-5,10-15,17-18H,6-9H2,1-3H3,(H,32,40)(H2,33,35,36)/t17-,18?,27?/m0/s1. The molecule has 1 amide bonds. The van der Waals surface area contributed by atoms with Gasteiger partial charge in [-0.25, -0.2) is 23.6 Å². The lowest BCUT2D eigenvalue weighted by Crippen LogP contribution is -2.50. The van der Waals surface area contributed by atoms with Gasteiger partial charge < -0.3 is 15.4 Å². The molecular formula is C27H30FN11O2. The minimum absolute atomic E-state index is 0.0936. The van der Waals surface area contributed by atoms with E-state index in [9.17, 15) is 9.18 Å². The van der Waals surface area contributed by atoms with Crippen LogP contribution >= 0.6 is 0 Å². The summed E-state index contributed by atoms with van der Waals surface area (Å²) in [6.45, 7) is 3.82. The van der Waals surface area contributed by atoms with Gasteiger partial charge in [0.25, 0.3) is 5.91 Å². The Morgan fingerprint density at radius 3 is 2.68 bits per heavy atom. The Bertz CT molecular complexity index is 1670. The van der Waals surface area contributed by atoms with E-state index in [4.69, 9.17) is 9.72 Å². The lowest BCUT2D eigenvalue weighted by Gasteiger charge is -2.38. The number of fused-ring (bicyclic) bond motifs is 1. The van der Waals surface area contributed by atoms with Gasteiger partial charge in [0.2, 0.25) is 0 Å². The molecule has 1 saturated carbocycles. The normalized spacial score (nSPS) is 19.8. The van der Waals surface area contributed by atoms with Gasteiger partial charge in [-0.3, -0.25) is 9.89 Å². The third-order valence-corrected chi connectivity index (χ3v) is 7.67. The smallest absolute Gasteiger partial charge is 0.252 e. The number of aryl methyl sites for hydroxylation is 1. The fourth-order valence-electron chi connectivity index (χ4n) is 5.34. The summed E-state index contributed by atoms with van der Waals surface area (Å²) in [5.74, 6) is 1.24. The number of nitrogens with zero attached hydrogens (tertiary/aromatic N) is 8. The number of ether oxygens (including phenoxy) is 1. The molecule has 6 rings (SSSR count). The molecule has 1 aliphatic carbocycles. The summed E-state index contributed by atoms with van der Waals surface area (Å²) in [7, 11) is 1.58. The van der Waals surface area contributed by atoms with Gasteiger partial charge in [0.1, 0.15) is 11.1 Å². The minimum atomic E-state index is -0.956. The van der Waals surface area contributed by atoms with E-state index < -0.39 is 11.4 Å². The van der Waals surface area contributed by atoms with E-state index in [0.29, 0.717) is 43.1 Å². The van der Waals surface area contributed by atoms with Crippen molar-refractivity contribution in [3.8, 4) is 5.82 Å². The van der Waals surface area contributed by atoms with Crippen LogP contribution in [0.3, 0.4) is 0 Å². The van der Waals surface area contributed by atoms with Gasteiger partial charge in [0, 0.05) is 31.0 Å². The van der Waals surface area contributed by atoms with Crippen LogP contribution < -0.4 is 10.6 Å². The number of aromatic amines is 1. The molecule has 0 saturated heterocycles. The zero-order chi connectivity index (χ0) is 28.6. The molecule has 1 aliphatic rings. The highest BCUT2D eigenvalue weighted by Gasteiger charge is 2.43. The third-order valence-electron chi connectivity index (χ3n) is 7.67. The number of H-pyrrole nitrogens is 1. The van der Waals surface area contributed by atoms with E-state index in [1.165, 1.54) is 10.9 Å². The number of pyridine rings is 1. The van der Waals surface area contributed by atoms with Crippen LogP contribution in [0.25, 0.3) is 11.3 Å². The van der Waals surface area contributed by atoms with Gasteiger partial charge in [-0.05, 0) is 51.2 Å². The molecule has 0 unspecified atom stereocenters. The van der Waals surface area contributed by atoms with Gasteiger partial charge >= 0.3 is 0 Å². The molecule has 14 heteroatoms. The van der Waals surface area contributed by atoms with Crippen LogP contribution in [-0.4, -0.2) is 63.4 Å². The van der Waals surface area contributed by atoms with Crippen molar-refractivity contribution in [3.63, 3.8) is 0 Å². The van der Waals surface area contributed by atoms with Crippen molar-refractivity contribution >= 4 is 23.1 Å². The van der Waals surface area contributed by atoms with Gasteiger partial charge in [-0.2, -0.15) is 10.2 Å². The Balaban J connectivity index is 1.14. The van der Waals surface area contributed by atoms with E-state index in [1.807, 2.05) is 26.0 Å². The summed E-state index contributed by atoms with van der Waals surface area (Å²) in [4.78, 5) is 22.8. The second-order valence-electron chi connectivity index (χ2n) is 10.4. The van der Waals surface area contributed by atoms with E-state index >= 15 is 0 Å².